The molecule has 1 heterocycles. The molecule has 0 saturated carbocycles. The second-order valence-corrected chi connectivity index (χ2v) is 4.20. The van der Waals surface area contributed by atoms with Crippen LogP contribution in [0.3, 0.4) is 0 Å². The zero-order chi connectivity index (χ0) is 13.9. The molecule has 0 aliphatic carbocycles. The van der Waals surface area contributed by atoms with E-state index in [1.54, 1.807) is 6.07 Å². The second kappa shape index (κ2) is 9.97. The standard InChI is InChI=1S/C14H25NO4/c1-3-17-9-7-15(8-10-18-4-2)11-13-5-6-14(12-16)19-13/h5-6,16H,3-4,7-12H2,1-2H3. The summed E-state index contributed by atoms with van der Waals surface area (Å²) in [6.45, 7) is 9.19. The van der Waals surface area contributed by atoms with E-state index >= 15 is 0 Å². The van der Waals surface area contributed by atoms with E-state index in [0.717, 1.165) is 32.1 Å². The largest absolute Gasteiger partial charge is 0.462 e. The first-order chi connectivity index (χ1) is 9.30. The lowest BCUT2D eigenvalue weighted by molar-refractivity contribution is 0.0763. The lowest BCUT2D eigenvalue weighted by Crippen LogP contribution is -2.30. The van der Waals surface area contributed by atoms with Crippen molar-refractivity contribution in [2.75, 3.05) is 39.5 Å². The molecule has 0 saturated heterocycles. The highest BCUT2D eigenvalue weighted by atomic mass is 16.5. The molecular formula is C14H25NO4. The summed E-state index contributed by atoms with van der Waals surface area (Å²) >= 11 is 0. The Morgan fingerprint density at radius 3 is 2.11 bits per heavy atom. The maximum Gasteiger partial charge on any atom is 0.129 e. The fourth-order valence-electron chi connectivity index (χ4n) is 1.76. The van der Waals surface area contributed by atoms with Crippen molar-refractivity contribution in [2.45, 2.75) is 27.0 Å². The van der Waals surface area contributed by atoms with E-state index in [2.05, 4.69) is 4.90 Å². The van der Waals surface area contributed by atoms with Gasteiger partial charge < -0.3 is 19.0 Å². The maximum absolute atomic E-state index is 8.98. The SMILES string of the molecule is CCOCCN(CCOCC)Cc1ccc(CO)o1. The van der Waals surface area contributed by atoms with Crippen molar-refractivity contribution >= 4 is 0 Å². The van der Waals surface area contributed by atoms with Gasteiger partial charge in [-0.25, -0.2) is 0 Å². The van der Waals surface area contributed by atoms with Crippen LogP contribution < -0.4 is 0 Å². The number of nitrogens with zero attached hydrogens (tertiary/aromatic N) is 1. The second-order valence-electron chi connectivity index (χ2n) is 4.20. The summed E-state index contributed by atoms with van der Waals surface area (Å²) in [6.07, 6.45) is 0. The van der Waals surface area contributed by atoms with Crippen molar-refractivity contribution < 1.29 is 19.0 Å². The summed E-state index contributed by atoms with van der Waals surface area (Å²) in [6, 6.07) is 3.71. The predicted molar refractivity (Wildman–Crippen MR) is 72.9 cm³/mol. The van der Waals surface area contributed by atoms with Gasteiger partial charge in [0.05, 0.1) is 19.8 Å². The number of rotatable bonds is 11. The molecule has 0 radical (unpaired) electrons. The van der Waals surface area contributed by atoms with Gasteiger partial charge in [-0.05, 0) is 26.0 Å². The third-order valence-electron chi connectivity index (χ3n) is 2.76. The van der Waals surface area contributed by atoms with Crippen molar-refractivity contribution in [2.24, 2.45) is 0 Å². The molecule has 19 heavy (non-hydrogen) atoms. The predicted octanol–water partition coefficient (Wildman–Crippen LogP) is 1.65. The first kappa shape index (κ1) is 16.2. The minimum Gasteiger partial charge on any atom is -0.462 e. The molecule has 0 spiro atoms. The van der Waals surface area contributed by atoms with E-state index in [4.69, 9.17) is 19.0 Å². The Labute approximate surface area is 115 Å². The average Bonchev–Trinajstić information content (AvgIpc) is 2.87. The lowest BCUT2D eigenvalue weighted by atomic mass is 10.3. The van der Waals surface area contributed by atoms with Gasteiger partial charge in [0.15, 0.2) is 0 Å². The number of hydrogen-bond donors (Lipinski definition) is 1. The Morgan fingerprint density at radius 1 is 1.05 bits per heavy atom. The Balaban J connectivity index is 2.41. The highest BCUT2D eigenvalue weighted by Crippen LogP contribution is 2.10. The first-order valence-corrected chi connectivity index (χ1v) is 6.86. The van der Waals surface area contributed by atoms with Gasteiger partial charge in [-0.15, -0.1) is 0 Å². The Kier molecular flexibility index (Phi) is 8.49. The molecule has 1 rings (SSSR count). The molecular weight excluding hydrogens is 246 g/mol. The van der Waals surface area contributed by atoms with Gasteiger partial charge in [0.2, 0.25) is 0 Å². The maximum atomic E-state index is 8.98. The van der Waals surface area contributed by atoms with Crippen LogP contribution in [0.1, 0.15) is 25.4 Å². The molecule has 0 aliphatic rings. The van der Waals surface area contributed by atoms with Crippen LogP contribution in [-0.2, 0) is 22.6 Å². The van der Waals surface area contributed by atoms with Gasteiger partial charge in [-0.3, -0.25) is 4.90 Å². The van der Waals surface area contributed by atoms with E-state index in [1.165, 1.54) is 0 Å². The summed E-state index contributed by atoms with van der Waals surface area (Å²) in [7, 11) is 0. The summed E-state index contributed by atoms with van der Waals surface area (Å²) in [5.41, 5.74) is 0. The smallest absolute Gasteiger partial charge is 0.129 e. The van der Waals surface area contributed by atoms with E-state index in [9.17, 15) is 0 Å². The quantitative estimate of drug-likeness (QED) is 0.620. The Morgan fingerprint density at radius 2 is 1.63 bits per heavy atom. The van der Waals surface area contributed by atoms with Gasteiger partial charge in [0.25, 0.3) is 0 Å². The van der Waals surface area contributed by atoms with Gasteiger partial charge in [-0.2, -0.15) is 0 Å². The molecule has 0 atom stereocenters. The average molecular weight is 271 g/mol. The molecule has 0 unspecified atom stereocenters. The van der Waals surface area contributed by atoms with Gasteiger partial charge in [0, 0.05) is 26.3 Å². The lowest BCUT2D eigenvalue weighted by Gasteiger charge is -2.20. The summed E-state index contributed by atoms with van der Waals surface area (Å²) in [5, 5.41) is 8.98. The number of ether oxygens (including phenoxy) is 2. The molecule has 0 fully saturated rings. The minimum atomic E-state index is -0.0576. The van der Waals surface area contributed by atoms with E-state index in [0.29, 0.717) is 25.5 Å². The van der Waals surface area contributed by atoms with Crippen molar-refractivity contribution in [3.05, 3.63) is 23.7 Å². The van der Waals surface area contributed by atoms with Crippen LogP contribution in [-0.4, -0.2) is 49.5 Å². The molecule has 0 aliphatic heterocycles. The number of aliphatic hydroxyl groups is 1. The highest BCUT2D eigenvalue weighted by Gasteiger charge is 2.09. The van der Waals surface area contributed by atoms with Crippen LogP contribution in [0.15, 0.2) is 16.5 Å². The van der Waals surface area contributed by atoms with Crippen molar-refractivity contribution in [3.63, 3.8) is 0 Å². The van der Waals surface area contributed by atoms with Crippen molar-refractivity contribution in [1.82, 2.24) is 4.90 Å². The number of hydrogen-bond acceptors (Lipinski definition) is 5. The molecule has 0 aromatic carbocycles. The van der Waals surface area contributed by atoms with Crippen LogP contribution in [0.5, 0.6) is 0 Å². The monoisotopic (exact) mass is 271 g/mol. The van der Waals surface area contributed by atoms with Crippen molar-refractivity contribution in [1.29, 1.82) is 0 Å². The fraction of sp³-hybridized carbons (Fsp3) is 0.714. The molecule has 0 bridgehead atoms. The Bertz CT molecular complexity index is 317. The molecule has 1 N–H and O–H groups in total. The third-order valence-corrected chi connectivity index (χ3v) is 2.76. The van der Waals surface area contributed by atoms with E-state index < -0.39 is 0 Å². The summed E-state index contributed by atoms with van der Waals surface area (Å²) in [4.78, 5) is 2.23. The van der Waals surface area contributed by atoms with Gasteiger partial charge in [0.1, 0.15) is 18.1 Å². The van der Waals surface area contributed by atoms with Crippen LogP contribution in [0.4, 0.5) is 0 Å². The summed E-state index contributed by atoms with van der Waals surface area (Å²) < 4.78 is 16.3. The number of furan rings is 1. The molecule has 1 aromatic heterocycles. The topological polar surface area (TPSA) is 55.1 Å². The van der Waals surface area contributed by atoms with Gasteiger partial charge >= 0.3 is 0 Å². The van der Waals surface area contributed by atoms with Crippen LogP contribution in [0.25, 0.3) is 0 Å². The normalized spacial score (nSPS) is 11.4. The van der Waals surface area contributed by atoms with Gasteiger partial charge in [-0.1, -0.05) is 0 Å². The zero-order valence-corrected chi connectivity index (χ0v) is 11.9. The third kappa shape index (κ3) is 6.73. The van der Waals surface area contributed by atoms with Crippen LogP contribution in [0.2, 0.25) is 0 Å². The number of aliphatic hydroxyl groups excluding tert-OH is 1. The minimum absolute atomic E-state index is 0.0576. The highest BCUT2D eigenvalue weighted by molar-refractivity contribution is 5.06. The molecule has 1 aromatic rings. The van der Waals surface area contributed by atoms with E-state index in [-0.39, 0.29) is 6.61 Å². The fourth-order valence-corrected chi connectivity index (χ4v) is 1.76. The molecule has 110 valence electrons. The summed E-state index contributed by atoms with van der Waals surface area (Å²) in [5.74, 6) is 1.46. The zero-order valence-electron chi connectivity index (χ0n) is 11.9. The molecule has 0 amide bonds. The van der Waals surface area contributed by atoms with E-state index in [1.807, 2.05) is 19.9 Å². The van der Waals surface area contributed by atoms with Crippen LogP contribution in [0, 0.1) is 0 Å². The Hall–Kier alpha value is -0.880. The van der Waals surface area contributed by atoms with Crippen molar-refractivity contribution in [3.8, 4) is 0 Å². The molecule has 5 heteroatoms. The molecule has 5 nitrogen and oxygen atoms in total. The first-order valence-electron chi connectivity index (χ1n) is 6.86. The van der Waals surface area contributed by atoms with Crippen LogP contribution >= 0.6 is 0 Å².